The highest BCUT2D eigenvalue weighted by Gasteiger charge is 2.28. The lowest BCUT2D eigenvalue weighted by molar-refractivity contribution is 0.377. The normalized spacial score (nSPS) is 13.9. The fourth-order valence-electron chi connectivity index (χ4n) is 6.67. The Bertz CT molecular complexity index is 2040. The summed E-state index contributed by atoms with van der Waals surface area (Å²) in [6, 6.07) is 28.4. The Hall–Kier alpha value is -3.39. The molecule has 266 valence electrons. The van der Waals surface area contributed by atoms with E-state index in [0.29, 0.717) is 11.5 Å². The van der Waals surface area contributed by atoms with Crippen LogP contribution in [0.5, 0.6) is 11.5 Å². The van der Waals surface area contributed by atoms with Crippen molar-refractivity contribution in [1.29, 1.82) is 0 Å². The predicted molar refractivity (Wildman–Crippen MR) is 217 cm³/mol. The Labute approximate surface area is 303 Å². The summed E-state index contributed by atoms with van der Waals surface area (Å²) < 4.78 is 12.7. The quantitative estimate of drug-likeness (QED) is 0.187. The van der Waals surface area contributed by atoms with E-state index >= 15 is 0 Å². The molecule has 0 bridgehead atoms. The molecule has 0 saturated heterocycles. The third-order valence-electron chi connectivity index (χ3n) is 9.72. The fourth-order valence-corrected chi connectivity index (χ4v) is 7.35. The largest absolute Gasteiger partial charge is 0.460 e. The van der Waals surface area contributed by atoms with E-state index in [9.17, 15) is 4.89 Å². The van der Waals surface area contributed by atoms with Crippen molar-refractivity contribution < 1.29 is 13.9 Å². The van der Waals surface area contributed by atoms with E-state index in [1.165, 1.54) is 38.4 Å². The average Bonchev–Trinajstić information content (AvgIpc) is 2.97. The highest BCUT2D eigenvalue weighted by Crippen LogP contribution is 2.48. The summed E-state index contributed by atoms with van der Waals surface area (Å²) in [5.74, 6) is 1.24. The monoisotopic (exact) mass is 690 g/mol. The summed E-state index contributed by atoms with van der Waals surface area (Å²) in [7, 11) is -2.30. The molecule has 1 unspecified atom stereocenters. The van der Waals surface area contributed by atoms with Crippen molar-refractivity contribution in [2.24, 2.45) is 0 Å². The Balaban J connectivity index is 1.61. The maximum atomic E-state index is 11.5. The van der Waals surface area contributed by atoms with Crippen LogP contribution in [0.3, 0.4) is 0 Å². The molecule has 0 radical (unpaired) electrons. The van der Waals surface area contributed by atoms with Crippen LogP contribution in [-0.4, -0.2) is 4.89 Å². The molecule has 0 aliphatic heterocycles. The zero-order valence-corrected chi connectivity index (χ0v) is 34.1. The van der Waals surface area contributed by atoms with Gasteiger partial charge in [-0.15, -0.1) is 0 Å². The van der Waals surface area contributed by atoms with Crippen molar-refractivity contribution in [2.45, 2.75) is 131 Å². The van der Waals surface area contributed by atoms with Gasteiger partial charge in [-0.3, -0.25) is 0 Å². The molecule has 0 aliphatic rings. The van der Waals surface area contributed by atoms with Crippen LogP contribution < -0.4 is 9.05 Å². The Morgan fingerprint density at radius 1 is 0.420 bits per heavy atom. The van der Waals surface area contributed by atoms with Crippen LogP contribution in [0.2, 0.25) is 0 Å². The lowest BCUT2D eigenvalue weighted by Crippen LogP contribution is -2.18. The smallest absolute Gasteiger partial charge is 0.418 e. The summed E-state index contributed by atoms with van der Waals surface area (Å²) in [5.41, 5.74) is 7.93. The van der Waals surface area contributed by atoms with Gasteiger partial charge in [-0.25, -0.2) is 0 Å². The molecule has 1 N–H and O–H groups in total. The topological polar surface area (TPSA) is 38.7 Å². The van der Waals surface area contributed by atoms with Crippen LogP contribution in [0.15, 0.2) is 78.9 Å². The highest BCUT2D eigenvalue weighted by molar-refractivity contribution is 7.41. The number of para-hydroxylation sites is 1. The molecule has 0 aromatic heterocycles. The van der Waals surface area contributed by atoms with Gasteiger partial charge in [-0.05, 0) is 107 Å². The second kappa shape index (κ2) is 13.0. The molecule has 5 rings (SSSR count). The first kappa shape index (κ1) is 37.9. The fraction of sp³-hybridized carbons (Fsp3) is 0.435. The summed E-state index contributed by atoms with van der Waals surface area (Å²) in [6.07, 6.45) is 0. The molecule has 4 heteroatoms. The molecule has 3 nitrogen and oxygen atoms in total. The molecule has 0 fully saturated rings. The Morgan fingerprint density at radius 2 is 0.960 bits per heavy atom. The standard InChI is InChI=1S/C46H59O3P/c1-42(2,3)32-21-20-29-26-41(39(46(13,14)15)24-30(29)22-32)49-50(47)48-40-19-17-16-18-34(40)36-28-35-31(25-37(36)44(7,8)9)23-33(43(4,5)6)27-38(35)45(10,11)12/h16-28,47H,1-15H3. The summed E-state index contributed by atoms with van der Waals surface area (Å²) in [6.45, 7) is 33.8. The SMILES string of the molecule is CC(C)(C)c1ccc2cc(OP(O)Oc3ccccc3-c3cc4c(C(C)(C)C)cc(C(C)(C)C)cc4cc3C(C)(C)C)c(C(C)(C)C)cc2c1. The number of benzene rings is 5. The van der Waals surface area contributed by atoms with Crippen LogP contribution in [-0.2, 0) is 27.1 Å². The highest BCUT2D eigenvalue weighted by atomic mass is 31.2. The number of fused-ring (bicyclic) bond motifs is 2. The van der Waals surface area contributed by atoms with E-state index in [1.807, 2.05) is 24.3 Å². The van der Waals surface area contributed by atoms with Crippen LogP contribution in [0, 0.1) is 0 Å². The molecule has 0 amide bonds. The van der Waals surface area contributed by atoms with Crippen molar-refractivity contribution in [2.75, 3.05) is 0 Å². The number of hydrogen-bond donors (Lipinski definition) is 1. The third kappa shape index (κ3) is 8.06. The third-order valence-corrected chi connectivity index (χ3v) is 10.4. The summed E-state index contributed by atoms with van der Waals surface area (Å²) in [5, 5.41) is 4.73. The van der Waals surface area contributed by atoms with E-state index in [1.54, 1.807) is 0 Å². The maximum absolute atomic E-state index is 11.5. The Morgan fingerprint density at radius 3 is 1.54 bits per heavy atom. The lowest BCUT2D eigenvalue weighted by Gasteiger charge is -2.30. The molecular formula is C46H59O3P. The van der Waals surface area contributed by atoms with Crippen molar-refractivity contribution >= 4 is 30.1 Å². The second-order valence-corrected chi connectivity index (χ2v) is 20.1. The Kier molecular flexibility index (Phi) is 9.83. The van der Waals surface area contributed by atoms with Gasteiger partial charge < -0.3 is 13.9 Å². The van der Waals surface area contributed by atoms with Gasteiger partial charge in [-0.1, -0.05) is 152 Å². The minimum Gasteiger partial charge on any atom is -0.418 e. The first-order chi connectivity index (χ1) is 22.8. The first-order valence-corrected chi connectivity index (χ1v) is 19.1. The average molecular weight is 691 g/mol. The zero-order chi connectivity index (χ0) is 37.2. The molecule has 0 spiro atoms. The molecule has 1 atom stereocenters. The van der Waals surface area contributed by atoms with Crippen molar-refractivity contribution in [1.82, 2.24) is 0 Å². The molecule has 50 heavy (non-hydrogen) atoms. The molecule has 0 saturated carbocycles. The molecule has 5 aromatic rings. The van der Waals surface area contributed by atoms with Crippen LogP contribution in [0.1, 0.15) is 132 Å². The van der Waals surface area contributed by atoms with Crippen molar-refractivity contribution in [3.8, 4) is 22.6 Å². The van der Waals surface area contributed by atoms with Crippen LogP contribution >= 0.6 is 8.60 Å². The van der Waals surface area contributed by atoms with Gasteiger partial charge in [0, 0.05) is 11.1 Å². The van der Waals surface area contributed by atoms with E-state index in [-0.39, 0.29) is 27.1 Å². The number of hydrogen-bond acceptors (Lipinski definition) is 3. The van der Waals surface area contributed by atoms with Gasteiger partial charge in [-0.2, -0.15) is 0 Å². The zero-order valence-electron chi connectivity index (χ0n) is 33.2. The van der Waals surface area contributed by atoms with Gasteiger partial charge in [0.15, 0.2) is 0 Å². The van der Waals surface area contributed by atoms with E-state index in [4.69, 9.17) is 9.05 Å². The molecular weight excluding hydrogens is 631 g/mol. The van der Waals surface area contributed by atoms with Gasteiger partial charge >= 0.3 is 8.60 Å². The minimum atomic E-state index is -2.30. The minimum absolute atomic E-state index is 0.0285. The van der Waals surface area contributed by atoms with Gasteiger partial charge in [0.2, 0.25) is 0 Å². The summed E-state index contributed by atoms with van der Waals surface area (Å²) >= 11 is 0. The lowest BCUT2D eigenvalue weighted by atomic mass is 9.75. The molecule has 0 heterocycles. The van der Waals surface area contributed by atoms with E-state index in [0.717, 1.165) is 22.1 Å². The number of rotatable bonds is 5. The van der Waals surface area contributed by atoms with Gasteiger partial charge in [0.1, 0.15) is 11.5 Å². The van der Waals surface area contributed by atoms with Gasteiger partial charge in [0.05, 0.1) is 0 Å². The maximum Gasteiger partial charge on any atom is 0.460 e. The van der Waals surface area contributed by atoms with Crippen molar-refractivity contribution in [3.05, 3.63) is 107 Å². The molecule has 0 aliphatic carbocycles. The van der Waals surface area contributed by atoms with Crippen LogP contribution in [0.25, 0.3) is 32.7 Å². The van der Waals surface area contributed by atoms with Crippen molar-refractivity contribution in [3.63, 3.8) is 0 Å². The first-order valence-electron chi connectivity index (χ1n) is 18.0. The second-order valence-electron chi connectivity index (χ2n) is 19.2. The van der Waals surface area contributed by atoms with E-state index in [2.05, 4.69) is 158 Å². The predicted octanol–water partition coefficient (Wildman–Crippen LogP) is 13.8. The summed E-state index contributed by atoms with van der Waals surface area (Å²) in [4.78, 5) is 11.5. The molecule has 5 aromatic carbocycles. The van der Waals surface area contributed by atoms with Crippen LogP contribution in [0.4, 0.5) is 0 Å². The van der Waals surface area contributed by atoms with E-state index < -0.39 is 8.60 Å². The van der Waals surface area contributed by atoms with Gasteiger partial charge in [0.25, 0.3) is 0 Å².